The van der Waals surface area contributed by atoms with Gasteiger partial charge < -0.3 is 16.0 Å². The first-order valence-corrected chi connectivity index (χ1v) is 6.90. The maximum atomic E-state index is 12.3. The number of piperidine rings is 1. The van der Waals surface area contributed by atoms with Crippen molar-refractivity contribution in [3.8, 4) is 0 Å². The number of amides is 2. The lowest BCUT2D eigenvalue weighted by Gasteiger charge is -2.31. The fourth-order valence-electron chi connectivity index (χ4n) is 2.49. The van der Waals surface area contributed by atoms with E-state index < -0.39 is 0 Å². The summed E-state index contributed by atoms with van der Waals surface area (Å²) in [6.45, 7) is 4.72. The van der Waals surface area contributed by atoms with Gasteiger partial charge in [-0.05, 0) is 37.5 Å². The molecule has 1 aromatic rings. The van der Waals surface area contributed by atoms with E-state index in [9.17, 15) is 9.59 Å². The van der Waals surface area contributed by atoms with Crippen molar-refractivity contribution >= 4 is 23.2 Å². The molecule has 2 amide bonds. The van der Waals surface area contributed by atoms with Gasteiger partial charge in [0.2, 0.25) is 11.8 Å². The zero-order valence-electron chi connectivity index (χ0n) is 12.0. The van der Waals surface area contributed by atoms with E-state index in [1.165, 1.54) is 0 Å². The topological polar surface area (TPSA) is 75.4 Å². The normalized spacial score (nSPS) is 18.7. The van der Waals surface area contributed by atoms with E-state index in [0.29, 0.717) is 12.2 Å². The van der Waals surface area contributed by atoms with Crippen molar-refractivity contribution in [1.29, 1.82) is 0 Å². The van der Waals surface area contributed by atoms with Crippen LogP contribution in [0.4, 0.5) is 11.4 Å². The van der Waals surface area contributed by atoms with Crippen LogP contribution in [0.25, 0.3) is 0 Å². The van der Waals surface area contributed by atoms with Gasteiger partial charge in [-0.3, -0.25) is 9.59 Å². The Morgan fingerprint density at radius 2 is 2.15 bits per heavy atom. The Morgan fingerprint density at radius 1 is 1.40 bits per heavy atom. The van der Waals surface area contributed by atoms with Crippen LogP contribution in [0.5, 0.6) is 0 Å². The molecule has 0 aliphatic carbocycles. The Kier molecular flexibility index (Phi) is 4.27. The molecule has 20 heavy (non-hydrogen) atoms. The molecule has 5 nitrogen and oxygen atoms in total. The van der Waals surface area contributed by atoms with Crippen molar-refractivity contribution < 1.29 is 9.59 Å². The van der Waals surface area contributed by atoms with Gasteiger partial charge in [-0.2, -0.15) is 0 Å². The highest BCUT2D eigenvalue weighted by atomic mass is 16.2. The first kappa shape index (κ1) is 14.4. The lowest BCUT2D eigenvalue weighted by Crippen LogP contribution is -2.42. The average Bonchev–Trinajstić information content (AvgIpc) is 2.43. The number of nitrogens with one attached hydrogen (secondary N) is 1. The second-order valence-corrected chi connectivity index (χ2v) is 5.37. The molecule has 1 aliphatic rings. The Balaban J connectivity index is 2.04. The number of nitrogen functional groups attached to an aromatic ring is 1. The number of carbonyl (C=O) groups excluding carboxylic acids is 2. The Labute approximate surface area is 119 Å². The fourth-order valence-corrected chi connectivity index (χ4v) is 2.49. The number of rotatable bonds is 2. The fraction of sp³-hybridized carbons (Fsp3) is 0.467. The highest BCUT2D eigenvalue weighted by molar-refractivity contribution is 5.94. The molecular formula is C15H21N3O2. The van der Waals surface area contributed by atoms with E-state index in [1.54, 1.807) is 17.9 Å². The minimum Gasteiger partial charge on any atom is -0.399 e. The molecule has 1 fully saturated rings. The van der Waals surface area contributed by atoms with Crippen molar-refractivity contribution in [2.45, 2.75) is 26.7 Å². The monoisotopic (exact) mass is 275 g/mol. The van der Waals surface area contributed by atoms with Crippen LogP contribution in [-0.4, -0.2) is 29.8 Å². The van der Waals surface area contributed by atoms with Gasteiger partial charge >= 0.3 is 0 Å². The lowest BCUT2D eigenvalue weighted by molar-refractivity contribution is -0.132. The SMILES string of the molecule is CC(=O)N1CCCC(C(=O)Nc2cc(N)ccc2C)C1. The zero-order valence-corrected chi connectivity index (χ0v) is 12.0. The molecule has 1 atom stereocenters. The Bertz CT molecular complexity index is 528. The van der Waals surface area contributed by atoms with E-state index in [1.807, 2.05) is 19.1 Å². The van der Waals surface area contributed by atoms with Crippen LogP contribution in [0.3, 0.4) is 0 Å². The van der Waals surface area contributed by atoms with Crippen molar-refractivity contribution in [3.63, 3.8) is 0 Å². The quantitative estimate of drug-likeness (QED) is 0.808. The predicted molar refractivity (Wildman–Crippen MR) is 79.2 cm³/mol. The standard InChI is InChI=1S/C15H21N3O2/c1-10-5-6-13(16)8-14(10)17-15(20)12-4-3-7-18(9-12)11(2)19/h5-6,8,12H,3-4,7,9,16H2,1-2H3,(H,17,20). The number of nitrogens with zero attached hydrogens (tertiary/aromatic N) is 1. The van der Waals surface area contributed by atoms with Crippen molar-refractivity contribution in [2.24, 2.45) is 5.92 Å². The van der Waals surface area contributed by atoms with Gasteiger partial charge in [0.15, 0.2) is 0 Å². The molecule has 0 spiro atoms. The first-order chi connectivity index (χ1) is 9.47. The number of benzene rings is 1. The summed E-state index contributed by atoms with van der Waals surface area (Å²) >= 11 is 0. The smallest absolute Gasteiger partial charge is 0.229 e. The largest absolute Gasteiger partial charge is 0.399 e. The van der Waals surface area contributed by atoms with Crippen LogP contribution in [0, 0.1) is 12.8 Å². The molecule has 1 aromatic carbocycles. The molecule has 0 saturated carbocycles. The lowest BCUT2D eigenvalue weighted by atomic mass is 9.97. The molecule has 3 N–H and O–H groups in total. The highest BCUT2D eigenvalue weighted by Crippen LogP contribution is 2.22. The summed E-state index contributed by atoms with van der Waals surface area (Å²) in [5, 5.41) is 2.92. The summed E-state index contributed by atoms with van der Waals surface area (Å²) in [5.74, 6) is -0.152. The van der Waals surface area contributed by atoms with Gasteiger partial charge in [-0.1, -0.05) is 6.07 Å². The summed E-state index contributed by atoms with van der Waals surface area (Å²) in [6, 6.07) is 5.45. The van der Waals surface area contributed by atoms with Gasteiger partial charge in [0.05, 0.1) is 5.92 Å². The van der Waals surface area contributed by atoms with Crippen molar-refractivity contribution in [1.82, 2.24) is 4.90 Å². The van der Waals surface area contributed by atoms with Gasteiger partial charge in [0.25, 0.3) is 0 Å². The molecule has 0 aromatic heterocycles. The number of hydrogen-bond donors (Lipinski definition) is 2. The highest BCUT2D eigenvalue weighted by Gasteiger charge is 2.27. The minimum absolute atomic E-state index is 0.0302. The van der Waals surface area contributed by atoms with Gasteiger partial charge in [0.1, 0.15) is 0 Å². The molecule has 0 bridgehead atoms. The van der Waals surface area contributed by atoms with E-state index in [-0.39, 0.29) is 17.7 Å². The molecule has 1 aliphatic heterocycles. The number of carbonyl (C=O) groups is 2. The molecule has 5 heteroatoms. The van der Waals surface area contributed by atoms with Gasteiger partial charge in [0, 0.05) is 31.4 Å². The number of aryl methyl sites for hydroxylation is 1. The van der Waals surface area contributed by atoms with Gasteiger partial charge in [-0.25, -0.2) is 0 Å². The minimum atomic E-state index is -0.145. The van der Waals surface area contributed by atoms with Crippen LogP contribution in [0.15, 0.2) is 18.2 Å². The van der Waals surface area contributed by atoms with Gasteiger partial charge in [-0.15, -0.1) is 0 Å². The van der Waals surface area contributed by atoms with Crippen molar-refractivity contribution in [3.05, 3.63) is 23.8 Å². The molecule has 1 unspecified atom stereocenters. The van der Waals surface area contributed by atoms with Crippen LogP contribution in [0.2, 0.25) is 0 Å². The maximum Gasteiger partial charge on any atom is 0.229 e. The van der Waals surface area contributed by atoms with Crippen LogP contribution < -0.4 is 11.1 Å². The summed E-state index contributed by atoms with van der Waals surface area (Å²) < 4.78 is 0. The van der Waals surface area contributed by atoms with E-state index in [0.717, 1.165) is 30.6 Å². The van der Waals surface area contributed by atoms with Crippen molar-refractivity contribution in [2.75, 3.05) is 24.1 Å². The maximum absolute atomic E-state index is 12.3. The Morgan fingerprint density at radius 3 is 2.85 bits per heavy atom. The van der Waals surface area contributed by atoms with E-state index in [4.69, 9.17) is 5.73 Å². The summed E-state index contributed by atoms with van der Waals surface area (Å²) in [5.41, 5.74) is 8.09. The number of anilines is 2. The molecule has 2 rings (SSSR count). The van der Waals surface area contributed by atoms with Crippen LogP contribution in [0.1, 0.15) is 25.3 Å². The molecule has 1 heterocycles. The molecular weight excluding hydrogens is 254 g/mol. The second kappa shape index (κ2) is 5.94. The second-order valence-electron chi connectivity index (χ2n) is 5.37. The predicted octanol–water partition coefficient (Wildman–Crippen LogP) is 1.77. The average molecular weight is 275 g/mol. The number of likely N-dealkylation sites (tertiary alicyclic amines) is 1. The van der Waals surface area contributed by atoms with E-state index >= 15 is 0 Å². The molecule has 0 radical (unpaired) electrons. The summed E-state index contributed by atoms with van der Waals surface area (Å²) in [6.07, 6.45) is 1.69. The van der Waals surface area contributed by atoms with Crippen LogP contribution in [-0.2, 0) is 9.59 Å². The molecule has 1 saturated heterocycles. The van der Waals surface area contributed by atoms with Crippen LogP contribution >= 0.6 is 0 Å². The number of nitrogens with two attached hydrogens (primary N) is 1. The third kappa shape index (κ3) is 3.29. The number of hydrogen-bond acceptors (Lipinski definition) is 3. The summed E-state index contributed by atoms with van der Waals surface area (Å²) in [7, 11) is 0. The summed E-state index contributed by atoms with van der Waals surface area (Å²) in [4.78, 5) is 25.4. The first-order valence-electron chi connectivity index (χ1n) is 6.90. The Hall–Kier alpha value is -2.04. The third-order valence-electron chi connectivity index (χ3n) is 3.76. The molecule has 108 valence electrons. The zero-order chi connectivity index (χ0) is 14.7. The third-order valence-corrected chi connectivity index (χ3v) is 3.76. The van der Waals surface area contributed by atoms with E-state index in [2.05, 4.69) is 5.32 Å².